The Bertz CT molecular complexity index is 985. The van der Waals surface area contributed by atoms with Gasteiger partial charge in [0, 0.05) is 12.0 Å². The Hall–Kier alpha value is -3.35. The quantitative estimate of drug-likeness (QED) is 0.659. The molecular weight excluding hydrogens is 408 g/mol. The first-order chi connectivity index (χ1) is 15.4. The van der Waals surface area contributed by atoms with E-state index in [0.29, 0.717) is 0 Å². The van der Waals surface area contributed by atoms with Crippen molar-refractivity contribution >= 4 is 18.0 Å². The van der Waals surface area contributed by atoms with Crippen LogP contribution >= 0.6 is 0 Å². The number of alkyl carbamates (subject to hydrolysis) is 1. The van der Waals surface area contributed by atoms with Gasteiger partial charge in [-0.3, -0.25) is 9.59 Å². The Balaban J connectivity index is 1.43. The monoisotopic (exact) mass is 436 g/mol. The number of carbonyl (C=O) groups is 3. The maximum Gasteiger partial charge on any atom is 0.407 e. The highest BCUT2D eigenvalue weighted by Crippen LogP contribution is 2.44. The molecule has 1 atom stereocenters. The minimum Gasteiger partial charge on any atom is -0.480 e. The molecule has 2 N–H and O–H groups in total. The number of nitrogens with zero attached hydrogens (tertiary/aromatic N) is 1. The molecule has 2 aromatic rings. The van der Waals surface area contributed by atoms with E-state index in [2.05, 4.69) is 17.4 Å². The van der Waals surface area contributed by atoms with E-state index < -0.39 is 18.1 Å². The van der Waals surface area contributed by atoms with Gasteiger partial charge in [0.05, 0.1) is 0 Å². The number of aliphatic carboxylic acids is 1. The highest BCUT2D eigenvalue weighted by Gasteiger charge is 2.39. The van der Waals surface area contributed by atoms with E-state index in [0.717, 1.165) is 35.1 Å². The second kappa shape index (κ2) is 9.02. The molecule has 2 amide bonds. The second-order valence-electron chi connectivity index (χ2n) is 8.78. The summed E-state index contributed by atoms with van der Waals surface area (Å²) in [4.78, 5) is 38.2. The van der Waals surface area contributed by atoms with Crippen LogP contribution in [0.15, 0.2) is 48.5 Å². The zero-order chi connectivity index (χ0) is 22.8. The molecule has 7 nitrogen and oxygen atoms in total. The van der Waals surface area contributed by atoms with Gasteiger partial charge in [-0.15, -0.1) is 0 Å². The lowest BCUT2D eigenvalue weighted by atomic mass is 9.98. The van der Waals surface area contributed by atoms with Crippen molar-refractivity contribution in [1.29, 1.82) is 0 Å². The lowest BCUT2D eigenvalue weighted by molar-refractivity contribution is -0.146. The van der Waals surface area contributed by atoms with Gasteiger partial charge in [0.1, 0.15) is 19.2 Å². The fraction of sp³-hybridized carbons (Fsp3) is 0.400. The maximum atomic E-state index is 13.0. The van der Waals surface area contributed by atoms with Crippen LogP contribution in [0.3, 0.4) is 0 Å². The number of amides is 2. The molecule has 32 heavy (non-hydrogen) atoms. The Labute approximate surface area is 187 Å². The highest BCUT2D eigenvalue weighted by atomic mass is 16.5. The number of carboxylic acids is 1. The molecule has 0 aliphatic heterocycles. The van der Waals surface area contributed by atoms with Gasteiger partial charge in [0.2, 0.25) is 5.91 Å². The topological polar surface area (TPSA) is 95.9 Å². The molecule has 7 heteroatoms. The molecule has 0 bridgehead atoms. The number of rotatable bonds is 8. The summed E-state index contributed by atoms with van der Waals surface area (Å²) in [5, 5.41) is 11.9. The summed E-state index contributed by atoms with van der Waals surface area (Å²) < 4.78 is 5.57. The Morgan fingerprint density at radius 1 is 1.03 bits per heavy atom. The fourth-order valence-corrected chi connectivity index (χ4v) is 4.38. The third-order valence-electron chi connectivity index (χ3n) is 6.13. The van der Waals surface area contributed by atoms with Crippen molar-refractivity contribution in [1.82, 2.24) is 10.2 Å². The lowest BCUT2D eigenvalue weighted by Crippen LogP contribution is -2.53. The van der Waals surface area contributed by atoms with Crippen LogP contribution < -0.4 is 5.32 Å². The van der Waals surface area contributed by atoms with Gasteiger partial charge in [-0.2, -0.15) is 0 Å². The van der Waals surface area contributed by atoms with Crippen LogP contribution in [0.2, 0.25) is 0 Å². The normalized spacial score (nSPS) is 15.6. The van der Waals surface area contributed by atoms with Gasteiger partial charge >= 0.3 is 12.1 Å². The summed E-state index contributed by atoms with van der Waals surface area (Å²) in [6.07, 6.45) is 0.897. The predicted octanol–water partition coefficient (Wildman–Crippen LogP) is 3.63. The van der Waals surface area contributed by atoms with Crippen molar-refractivity contribution < 1.29 is 24.2 Å². The minimum atomic E-state index is -1.06. The average molecular weight is 437 g/mol. The van der Waals surface area contributed by atoms with E-state index in [-0.39, 0.29) is 36.9 Å². The van der Waals surface area contributed by atoms with Crippen LogP contribution in [0, 0.1) is 5.92 Å². The van der Waals surface area contributed by atoms with Crippen molar-refractivity contribution in [2.75, 3.05) is 13.2 Å². The lowest BCUT2D eigenvalue weighted by Gasteiger charge is -2.28. The van der Waals surface area contributed by atoms with Crippen LogP contribution in [0.4, 0.5) is 4.79 Å². The molecule has 2 aliphatic rings. The van der Waals surface area contributed by atoms with Crippen LogP contribution in [-0.4, -0.2) is 53.2 Å². The molecule has 4 rings (SSSR count). The third kappa shape index (κ3) is 4.47. The molecule has 2 aromatic carbocycles. The van der Waals surface area contributed by atoms with Crippen LogP contribution in [-0.2, 0) is 14.3 Å². The van der Waals surface area contributed by atoms with Crippen molar-refractivity contribution in [2.24, 2.45) is 5.92 Å². The predicted molar refractivity (Wildman–Crippen MR) is 119 cm³/mol. The van der Waals surface area contributed by atoms with Gasteiger partial charge in [0.15, 0.2) is 0 Å². The zero-order valence-electron chi connectivity index (χ0n) is 18.3. The van der Waals surface area contributed by atoms with Crippen molar-refractivity contribution in [3.63, 3.8) is 0 Å². The molecule has 168 valence electrons. The first-order valence-corrected chi connectivity index (χ1v) is 11.0. The summed E-state index contributed by atoms with van der Waals surface area (Å²) >= 11 is 0. The maximum absolute atomic E-state index is 13.0. The molecular formula is C25H28N2O5. The summed E-state index contributed by atoms with van der Waals surface area (Å²) in [7, 11) is 0. The fourth-order valence-electron chi connectivity index (χ4n) is 4.38. The molecule has 0 aromatic heterocycles. The first kappa shape index (κ1) is 21.9. The molecule has 0 radical (unpaired) electrons. The molecule has 1 fully saturated rings. The Morgan fingerprint density at radius 3 is 2.09 bits per heavy atom. The highest BCUT2D eigenvalue weighted by molar-refractivity contribution is 5.89. The van der Waals surface area contributed by atoms with Gasteiger partial charge in [-0.05, 0) is 41.0 Å². The molecule has 1 saturated carbocycles. The summed E-state index contributed by atoms with van der Waals surface area (Å²) in [5.41, 5.74) is 4.50. The number of fused-ring (bicyclic) bond motifs is 3. The van der Waals surface area contributed by atoms with Gasteiger partial charge in [-0.25, -0.2) is 4.79 Å². The van der Waals surface area contributed by atoms with E-state index in [1.54, 1.807) is 0 Å². The van der Waals surface area contributed by atoms with E-state index >= 15 is 0 Å². The SMILES string of the molecule is CC(C)C(NC(=O)OCC1c2ccccc2-c2ccccc21)C(=O)N(CC(=O)O)C1CC1. The summed E-state index contributed by atoms with van der Waals surface area (Å²) in [5.74, 6) is -1.72. The molecule has 2 aliphatic carbocycles. The van der Waals surface area contributed by atoms with Crippen molar-refractivity contribution in [3.8, 4) is 11.1 Å². The third-order valence-corrected chi connectivity index (χ3v) is 6.13. The molecule has 1 unspecified atom stereocenters. The van der Waals surface area contributed by atoms with Gasteiger partial charge < -0.3 is 20.1 Å². The Morgan fingerprint density at radius 2 is 1.59 bits per heavy atom. The minimum absolute atomic E-state index is 0.0656. The van der Waals surface area contributed by atoms with Gasteiger partial charge in [-0.1, -0.05) is 62.4 Å². The van der Waals surface area contributed by atoms with E-state index in [9.17, 15) is 19.5 Å². The number of benzene rings is 2. The summed E-state index contributed by atoms with van der Waals surface area (Å²) in [6.45, 7) is 3.43. The van der Waals surface area contributed by atoms with Crippen LogP contribution in [0.25, 0.3) is 11.1 Å². The first-order valence-electron chi connectivity index (χ1n) is 11.0. The standard InChI is InChI=1S/C25H28N2O5/c1-15(2)23(24(30)27(13-22(28)29)16-11-12-16)26-25(31)32-14-21-19-9-5-3-7-17(19)18-8-4-6-10-20(18)21/h3-10,15-16,21,23H,11-14H2,1-2H3,(H,26,31)(H,28,29). The number of hydrogen-bond donors (Lipinski definition) is 2. The van der Waals surface area contributed by atoms with E-state index in [1.807, 2.05) is 50.2 Å². The number of ether oxygens (including phenoxy) is 1. The van der Waals surface area contributed by atoms with Gasteiger partial charge in [0.25, 0.3) is 0 Å². The number of hydrogen-bond acceptors (Lipinski definition) is 4. The molecule has 0 spiro atoms. The summed E-state index contributed by atoms with van der Waals surface area (Å²) in [6, 6.07) is 15.2. The second-order valence-corrected chi connectivity index (χ2v) is 8.78. The zero-order valence-corrected chi connectivity index (χ0v) is 18.3. The number of carboxylic acid groups (broad SMARTS) is 1. The van der Waals surface area contributed by atoms with E-state index in [4.69, 9.17) is 4.74 Å². The van der Waals surface area contributed by atoms with Crippen molar-refractivity contribution in [2.45, 2.75) is 44.7 Å². The number of carbonyl (C=O) groups excluding carboxylic acids is 2. The largest absolute Gasteiger partial charge is 0.480 e. The Kier molecular flexibility index (Phi) is 6.17. The van der Waals surface area contributed by atoms with Crippen LogP contribution in [0.5, 0.6) is 0 Å². The average Bonchev–Trinajstić information content (AvgIpc) is 3.56. The van der Waals surface area contributed by atoms with E-state index in [1.165, 1.54) is 4.90 Å². The smallest absolute Gasteiger partial charge is 0.407 e. The molecule has 0 saturated heterocycles. The van der Waals surface area contributed by atoms with Crippen molar-refractivity contribution in [3.05, 3.63) is 59.7 Å². The number of nitrogens with one attached hydrogen (secondary N) is 1. The molecule has 0 heterocycles. The van der Waals surface area contributed by atoms with Crippen LogP contribution in [0.1, 0.15) is 43.7 Å².